The van der Waals surface area contributed by atoms with Gasteiger partial charge in [-0.25, -0.2) is 4.98 Å². The van der Waals surface area contributed by atoms with Crippen LogP contribution in [0.1, 0.15) is 77.3 Å². The van der Waals surface area contributed by atoms with Crippen LogP contribution < -0.4 is 0 Å². The number of aryl methyl sites for hydroxylation is 1. The van der Waals surface area contributed by atoms with Crippen molar-refractivity contribution < 1.29 is 10.2 Å². The van der Waals surface area contributed by atoms with E-state index in [2.05, 4.69) is 35.7 Å². The van der Waals surface area contributed by atoms with E-state index in [0.29, 0.717) is 29.3 Å². The van der Waals surface area contributed by atoms with Gasteiger partial charge in [0, 0.05) is 30.1 Å². The number of nitrogens with one attached hydrogen (secondary N) is 1. The minimum absolute atomic E-state index is 0.124. The molecule has 0 aliphatic heterocycles. The van der Waals surface area contributed by atoms with Crippen LogP contribution in [-0.2, 0) is 6.42 Å². The highest BCUT2D eigenvalue weighted by Gasteiger charge is 2.15. The maximum atomic E-state index is 10.4. The molecule has 0 amide bonds. The number of hydrogen-bond donors (Lipinski definition) is 3. The number of benzene rings is 1. The van der Waals surface area contributed by atoms with Crippen LogP contribution in [0, 0.1) is 18.8 Å². The zero-order valence-corrected chi connectivity index (χ0v) is 19.2. The number of rotatable bonds is 9. The first kappa shape index (κ1) is 24.7. The fourth-order valence-electron chi connectivity index (χ4n) is 3.30. The van der Waals surface area contributed by atoms with Gasteiger partial charge >= 0.3 is 0 Å². The first-order chi connectivity index (χ1) is 13.8. The molecule has 162 valence electrons. The third kappa shape index (κ3) is 7.56. The molecule has 0 spiro atoms. The number of imidazole rings is 1. The summed E-state index contributed by atoms with van der Waals surface area (Å²) in [7, 11) is 1.70. The fraction of sp³-hybridized carbons (Fsp3) is 0.583. The van der Waals surface area contributed by atoms with Gasteiger partial charge < -0.3 is 15.2 Å². The molecule has 0 fully saturated rings. The van der Waals surface area contributed by atoms with E-state index in [0.717, 1.165) is 23.7 Å². The summed E-state index contributed by atoms with van der Waals surface area (Å²) >= 11 is 0. The third-order valence-electron chi connectivity index (χ3n) is 5.02. The Hall–Kier alpha value is -2.30. The summed E-state index contributed by atoms with van der Waals surface area (Å²) in [5, 5.41) is 20.9. The number of phenolic OH excluding ortho intramolecular Hbond substituents is 2. The number of aromatic nitrogens is 2. The van der Waals surface area contributed by atoms with E-state index in [-0.39, 0.29) is 11.5 Å². The van der Waals surface area contributed by atoms with Gasteiger partial charge in [0.1, 0.15) is 23.0 Å². The summed E-state index contributed by atoms with van der Waals surface area (Å²) < 4.78 is 0. The highest BCUT2D eigenvalue weighted by molar-refractivity contribution is 5.80. The molecule has 0 aliphatic rings. The second-order valence-corrected chi connectivity index (χ2v) is 7.94. The average molecular weight is 402 g/mol. The predicted octanol–water partition coefficient (Wildman–Crippen LogP) is 6.27. The maximum Gasteiger partial charge on any atom is 0.138 e. The summed E-state index contributed by atoms with van der Waals surface area (Å²) in [4.78, 5) is 11.6. The molecular weight excluding hydrogens is 362 g/mol. The van der Waals surface area contributed by atoms with Gasteiger partial charge in [0.2, 0.25) is 0 Å². The Morgan fingerprint density at radius 3 is 2.24 bits per heavy atom. The molecule has 1 unspecified atom stereocenters. The SMILES string of the molecule is CC.CN=Cc1nc(-c2cc(O)c(CCC(C)CCCC(C)C)c(O)c2)[nH]c1C. The van der Waals surface area contributed by atoms with E-state index in [1.807, 2.05) is 20.8 Å². The molecule has 0 aliphatic carbocycles. The predicted molar refractivity (Wildman–Crippen MR) is 123 cm³/mol. The van der Waals surface area contributed by atoms with Gasteiger partial charge in [-0.15, -0.1) is 0 Å². The zero-order chi connectivity index (χ0) is 22.0. The third-order valence-corrected chi connectivity index (χ3v) is 5.02. The molecule has 3 N–H and O–H groups in total. The molecule has 0 saturated heterocycles. The molecule has 1 atom stereocenters. The van der Waals surface area contributed by atoms with E-state index in [1.54, 1.807) is 25.4 Å². The number of nitrogens with zero attached hydrogens (tertiary/aromatic N) is 2. The van der Waals surface area contributed by atoms with E-state index < -0.39 is 0 Å². The molecule has 1 heterocycles. The van der Waals surface area contributed by atoms with Gasteiger partial charge in [-0.05, 0) is 43.7 Å². The minimum atomic E-state index is 0.124. The lowest BCUT2D eigenvalue weighted by Crippen LogP contribution is -2.00. The van der Waals surface area contributed by atoms with Gasteiger partial charge in [-0.1, -0.05) is 53.9 Å². The fourth-order valence-corrected chi connectivity index (χ4v) is 3.30. The molecule has 0 radical (unpaired) electrons. The van der Waals surface area contributed by atoms with Crippen LogP contribution in [0.5, 0.6) is 11.5 Å². The first-order valence-electron chi connectivity index (χ1n) is 10.9. The number of aromatic hydroxyl groups is 2. The molecule has 0 saturated carbocycles. The summed E-state index contributed by atoms with van der Waals surface area (Å²) in [6.07, 6.45) is 6.98. The van der Waals surface area contributed by atoms with Crippen LogP contribution in [0.2, 0.25) is 0 Å². The minimum Gasteiger partial charge on any atom is -0.508 e. The van der Waals surface area contributed by atoms with Crippen molar-refractivity contribution in [2.24, 2.45) is 16.8 Å². The molecular formula is C24H39N3O2. The molecule has 29 heavy (non-hydrogen) atoms. The van der Waals surface area contributed by atoms with Crippen molar-refractivity contribution in [1.29, 1.82) is 0 Å². The second kappa shape index (κ2) is 12.3. The number of phenols is 2. The average Bonchev–Trinajstić information content (AvgIpc) is 3.03. The normalized spacial score (nSPS) is 12.3. The van der Waals surface area contributed by atoms with Gasteiger partial charge in [0.05, 0.1) is 0 Å². The Bertz CT molecular complexity index is 755. The second-order valence-electron chi connectivity index (χ2n) is 7.94. The van der Waals surface area contributed by atoms with Crippen molar-refractivity contribution in [1.82, 2.24) is 9.97 Å². The standard InChI is InChI=1S/C22H33N3O2.C2H6/c1-14(2)7-6-8-15(3)9-10-18-20(26)11-17(12-21(18)27)22-24-16(4)19(25-22)13-23-5;1-2/h11-15,26-27H,6-10H2,1-5H3,(H,24,25);1-2H3. The first-order valence-corrected chi connectivity index (χ1v) is 10.9. The Morgan fingerprint density at radius 1 is 1.07 bits per heavy atom. The largest absolute Gasteiger partial charge is 0.508 e. The summed E-state index contributed by atoms with van der Waals surface area (Å²) in [6.45, 7) is 12.7. The lowest BCUT2D eigenvalue weighted by Gasteiger charge is -2.14. The number of H-pyrrole nitrogens is 1. The number of aliphatic imine (C=N–C) groups is 1. The van der Waals surface area contributed by atoms with E-state index in [1.165, 1.54) is 19.3 Å². The van der Waals surface area contributed by atoms with Crippen LogP contribution in [0.4, 0.5) is 0 Å². The van der Waals surface area contributed by atoms with Gasteiger partial charge in [-0.2, -0.15) is 0 Å². The zero-order valence-electron chi connectivity index (χ0n) is 19.2. The Morgan fingerprint density at radius 2 is 1.69 bits per heavy atom. The van der Waals surface area contributed by atoms with E-state index >= 15 is 0 Å². The monoisotopic (exact) mass is 401 g/mol. The molecule has 2 rings (SSSR count). The molecule has 0 bridgehead atoms. The van der Waals surface area contributed by atoms with E-state index in [4.69, 9.17) is 0 Å². The van der Waals surface area contributed by atoms with Crippen molar-refractivity contribution >= 4 is 6.21 Å². The van der Waals surface area contributed by atoms with Crippen LogP contribution >= 0.6 is 0 Å². The van der Waals surface area contributed by atoms with Crippen molar-refractivity contribution in [2.75, 3.05) is 7.05 Å². The maximum absolute atomic E-state index is 10.4. The van der Waals surface area contributed by atoms with Crippen LogP contribution in [0.25, 0.3) is 11.4 Å². The number of aromatic amines is 1. The van der Waals surface area contributed by atoms with Gasteiger partial charge in [-0.3, -0.25) is 4.99 Å². The van der Waals surface area contributed by atoms with Crippen molar-refractivity contribution in [3.63, 3.8) is 0 Å². The highest BCUT2D eigenvalue weighted by Crippen LogP contribution is 2.34. The van der Waals surface area contributed by atoms with Crippen LogP contribution in [-0.4, -0.2) is 33.4 Å². The van der Waals surface area contributed by atoms with Crippen LogP contribution in [0.15, 0.2) is 17.1 Å². The van der Waals surface area contributed by atoms with Crippen molar-refractivity contribution in [2.45, 2.75) is 73.6 Å². The summed E-state index contributed by atoms with van der Waals surface area (Å²) in [6, 6.07) is 3.34. The molecule has 5 heteroatoms. The lowest BCUT2D eigenvalue weighted by atomic mass is 9.93. The Labute approximate surface area is 176 Å². The molecule has 1 aromatic heterocycles. The molecule has 1 aromatic carbocycles. The van der Waals surface area contributed by atoms with E-state index in [9.17, 15) is 10.2 Å². The molecule has 5 nitrogen and oxygen atoms in total. The smallest absolute Gasteiger partial charge is 0.138 e. The number of hydrogen-bond acceptors (Lipinski definition) is 4. The quantitative estimate of drug-likeness (QED) is 0.433. The Balaban J connectivity index is 0.00000204. The summed E-state index contributed by atoms with van der Waals surface area (Å²) in [5.74, 6) is 2.18. The topological polar surface area (TPSA) is 81.5 Å². The van der Waals surface area contributed by atoms with Crippen molar-refractivity contribution in [3.05, 3.63) is 29.1 Å². The molecule has 2 aromatic rings. The van der Waals surface area contributed by atoms with Gasteiger partial charge in [0.15, 0.2) is 0 Å². The van der Waals surface area contributed by atoms with Gasteiger partial charge in [0.25, 0.3) is 0 Å². The summed E-state index contributed by atoms with van der Waals surface area (Å²) in [5.41, 5.74) is 2.94. The van der Waals surface area contributed by atoms with Crippen LogP contribution in [0.3, 0.4) is 0 Å². The van der Waals surface area contributed by atoms with Crippen molar-refractivity contribution in [3.8, 4) is 22.9 Å². The lowest BCUT2D eigenvalue weighted by molar-refractivity contribution is 0.414. The Kier molecular flexibility index (Phi) is 10.5. The highest BCUT2D eigenvalue weighted by atomic mass is 16.3.